The van der Waals surface area contributed by atoms with Crippen molar-refractivity contribution in [2.45, 2.75) is 38.0 Å². The summed E-state index contributed by atoms with van der Waals surface area (Å²) in [7, 11) is 0. The number of allylic oxidation sites excluding steroid dienone is 1. The maximum Gasteiger partial charge on any atom is 0.0418 e. The van der Waals surface area contributed by atoms with Gasteiger partial charge in [-0.3, -0.25) is 0 Å². The number of aryl methyl sites for hydroxylation is 2. The standard InChI is InChI=1S/C44H36/c1-29-22-24-37-38-25-23-30(2)27-40(38)43(39(37)26-29)44(34-17-9-5-10-18-34,35-19-11-6-12-20-35)42-31(3)28-33-16-13-21-36(41(33)42)32-14-7-4-8-15-32/h4-28,42-43H,1-3H3. The van der Waals surface area contributed by atoms with Gasteiger partial charge in [0.25, 0.3) is 0 Å². The van der Waals surface area contributed by atoms with Gasteiger partial charge in [0.15, 0.2) is 0 Å². The molecule has 0 radical (unpaired) electrons. The number of fused-ring (bicyclic) bond motifs is 4. The van der Waals surface area contributed by atoms with Crippen LogP contribution < -0.4 is 0 Å². The van der Waals surface area contributed by atoms with Crippen molar-refractivity contribution < 1.29 is 0 Å². The molecule has 2 aliphatic rings. The molecule has 0 fully saturated rings. The highest BCUT2D eigenvalue weighted by molar-refractivity contribution is 5.85. The van der Waals surface area contributed by atoms with E-state index in [1.54, 1.807) is 0 Å². The van der Waals surface area contributed by atoms with E-state index in [9.17, 15) is 0 Å². The zero-order chi connectivity index (χ0) is 29.8. The van der Waals surface area contributed by atoms with Gasteiger partial charge < -0.3 is 0 Å². The first-order valence-electron chi connectivity index (χ1n) is 15.8. The lowest BCUT2D eigenvalue weighted by atomic mass is 9.54. The van der Waals surface area contributed by atoms with Crippen LogP contribution in [-0.4, -0.2) is 0 Å². The Bertz CT molecular complexity index is 1940. The summed E-state index contributed by atoms with van der Waals surface area (Å²) in [4.78, 5) is 0. The van der Waals surface area contributed by atoms with Crippen molar-refractivity contribution in [2.24, 2.45) is 0 Å². The lowest BCUT2D eigenvalue weighted by Crippen LogP contribution is -2.41. The molecule has 0 saturated carbocycles. The Morgan fingerprint density at radius 2 is 0.977 bits per heavy atom. The molecule has 0 amide bonds. The second-order valence-corrected chi connectivity index (χ2v) is 12.7. The third kappa shape index (κ3) is 3.91. The van der Waals surface area contributed by atoms with Crippen molar-refractivity contribution in [1.29, 1.82) is 0 Å². The van der Waals surface area contributed by atoms with Gasteiger partial charge in [0.05, 0.1) is 0 Å². The number of hydrogen-bond donors (Lipinski definition) is 0. The molecule has 0 heterocycles. The minimum Gasteiger partial charge on any atom is -0.0639 e. The highest BCUT2D eigenvalue weighted by atomic mass is 14.6. The monoisotopic (exact) mass is 564 g/mol. The molecular weight excluding hydrogens is 528 g/mol. The van der Waals surface area contributed by atoms with Crippen LogP contribution >= 0.6 is 0 Å². The summed E-state index contributed by atoms with van der Waals surface area (Å²) in [5.41, 5.74) is 17.2. The van der Waals surface area contributed by atoms with E-state index in [1.807, 2.05) is 0 Å². The Morgan fingerprint density at radius 1 is 0.455 bits per heavy atom. The van der Waals surface area contributed by atoms with Gasteiger partial charge >= 0.3 is 0 Å². The average Bonchev–Trinajstić information content (AvgIpc) is 3.57. The maximum atomic E-state index is 2.47. The molecule has 0 spiro atoms. The lowest BCUT2D eigenvalue weighted by molar-refractivity contribution is 0.406. The summed E-state index contributed by atoms with van der Waals surface area (Å²) >= 11 is 0. The van der Waals surface area contributed by atoms with Gasteiger partial charge in [-0.2, -0.15) is 0 Å². The minimum absolute atomic E-state index is 0.111. The first-order chi connectivity index (χ1) is 21.6. The molecule has 0 aromatic heterocycles. The number of hydrogen-bond acceptors (Lipinski definition) is 0. The normalized spacial score (nSPS) is 15.4. The first kappa shape index (κ1) is 26.7. The van der Waals surface area contributed by atoms with E-state index in [0.717, 1.165) is 0 Å². The van der Waals surface area contributed by atoms with Crippen molar-refractivity contribution in [3.05, 3.63) is 196 Å². The van der Waals surface area contributed by atoms with Crippen LogP contribution in [-0.2, 0) is 5.41 Å². The van der Waals surface area contributed by atoms with Crippen molar-refractivity contribution in [2.75, 3.05) is 0 Å². The van der Waals surface area contributed by atoms with Crippen molar-refractivity contribution in [3.8, 4) is 22.3 Å². The molecule has 1 atom stereocenters. The second kappa shape index (κ2) is 10.4. The van der Waals surface area contributed by atoms with Crippen molar-refractivity contribution >= 4 is 6.08 Å². The fourth-order valence-electron chi connectivity index (χ4n) is 8.46. The van der Waals surface area contributed by atoms with E-state index < -0.39 is 5.41 Å². The van der Waals surface area contributed by atoms with Crippen molar-refractivity contribution in [3.63, 3.8) is 0 Å². The van der Waals surface area contributed by atoms with Gasteiger partial charge in [0.2, 0.25) is 0 Å². The van der Waals surface area contributed by atoms with E-state index in [1.165, 1.54) is 72.3 Å². The highest BCUT2D eigenvalue weighted by Crippen LogP contribution is 2.65. The Labute approximate surface area is 261 Å². The minimum atomic E-state index is -0.416. The largest absolute Gasteiger partial charge is 0.0639 e. The van der Waals surface area contributed by atoms with Crippen LogP contribution in [0.2, 0.25) is 0 Å². The van der Waals surface area contributed by atoms with Gasteiger partial charge in [-0.1, -0.05) is 168 Å². The zero-order valence-electron chi connectivity index (χ0n) is 25.6. The van der Waals surface area contributed by atoms with E-state index in [2.05, 4.69) is 172 Å². The molecule has 0 bridgehead atoms. The smallest absolute Gasteiger partial charge is 0.0418 e. The van der Waals surface area contributed by atoms with Crippen LogP contribution in [0.25, 0.3) is 28.3 Å². The molecule has 0 saturated heterocycles. The maximum absolute atomic E-state index is 2.47. The molecule has 6 aromatic carbocycles. The summed E-state index contributed by atoms with van der Waals surface area (Å²) in [6, 6.07) is 54.8. The molecule has 2 aliphatic carbocycles. The SMILES string of the molecule is CC1=Cc2cccc(-c3ccccc3)c2C1C(c1ccccc1)(c1ccccc1)C1c2cc(C)ccc2-c2ccc(C)cc21. The van der Waals surface area contributed by atoms with Crippen molar-refractivity contribution in [1.82, 2.24) is 0 Å². The summed E-state index contributed by atoms with van der Waals surface area (Å²) in [6.07, 6.45) is 2.45. The molecular formula is C44H36. The Hall–Kier alpha value is -4.94. The number of rotatable bonds is 5. The second-order valence-electron chi connectivity index (χ2n) is 12.7. The van der Waals surface area contributed by atoms with Gasteiger partial charge in [0, 0.05) is 17.3 Å². The third-order valence-corrected chi connectivity index (χ3v) is 10.1. The fourth-order valence-corrected chi connectivity index (χ4v) is 8.46. The quantitative estimate of drug-likeness (QED) is 0.195. The topological polar surface area (TPSA) is 0 Å². The molecule has 6 aromatic rings. The summed E-state index contributed by atoms with van der Waals surface area (Å²) in [5.74, 6) is 0.226. The molecule has 0 heteroatoms. The zero-order valence-corrected chi connectivity index (χ0v) is 25.6. The Morgan fingerprint density at radius 3 is 1.52 bits per heavy atom. The predicted molar refractivity (Wildman–Crippen MR) is 185 cm³/mol. The van der Waals surface area contributed by atoms with Crippen LogP contribution in [0, 0.1) is 13.8 Å². The molecule has 212 valence electrons. The molecule has 0 nitrogen and oxygen atoms in total. The summed E-state index contributed by atoms with van der Waals surface area (Å²) < 4.78 is 0. The summed E-state index contributed by atoms with van der Waals surface area (Å²) in [6.45, 7) is 6.84. The van der Waals surface area contributed by atoms with E-state index >= 15 is 0 Å². The van der Waals surface area contributed by atoms with E-state index in [0.29, 0.717) is 0 Å². The van der Waals surface area contributed by atoms with Crippen LogP contribution in [0.3, 0.4) is 0 Å². The average molecular weight is 565 g/mol. The Balaban J connectivity index is 1.55. The first-order valence-corrected chi connectivity index (χ1v) is 15.8. The van der Waals surface area contributed by atoms with Crippen LogP contribution in [0.1, 0.15) is 63.3 Å². The molecule has 0 N–H and O–H groups in total. The molecule has 44 heavy (non-hydrogen) atoms. The summed E-state index contributed by atoms with van der Waals surface area (Å²) in [5, 5.41) is 0. The third-order valence-electron chi connectivity index (χ3n) is 10.1. The van der Waals surface area contributed by atoms with Gasteiger partial charge in [-0.05, 0) is 76.4 Å². The van der Waals surface area contributed by atoms with Gasteiger partial charge in [-0.25, -0.2) is 0 Å². The van der Waals surface area contributed by atoms with Gasteiger partial charge in [0.1, 0.15) is 0 Å². The molecule has 8 rings (SSSR count). The molecule has 0 aliphatic heterocycles. The molecule has 1 unspecified atom stereocenters. The van der Waals surface area contributed by atoms with Crippen LogP contribution in [0.5, 0.6) is 0 Å². The van der Waals surface area contributed by atoms with Crippen LogP contribution in [0.4, 0.5) is 0 Å². The van der Waals surface area contributed by atoms with E-state index in [4.69, 9.17) is 0 Å². The fraction of sp³-hybridized carbons (Fsp3) is 0.136. The van der Waals surface area contributed by atoms with E-state index in [-0.39, 0.29) is 11.8 Å². The van der Waals surface area contributed by atoms with Gasteiger partial charge in [-0.15, -0.1) is 0 Å². The predicted octanol–water partition coefficient (Wildman–Crippen LogP) is 11.3. The van der Waals surface area contributed by atoms with Crippen LogP contribution in [0.15, 0.2) is 151 Å². The number of benzene rings is 6. The highest BCUT2D eigenvalue weighted by Gasteiger charge is 2.55. The lowest BCUT2D eigenvalue weighted by Gasteiger charge is -2.48. The Kier molecular flexibility index (Phi) is 6.27.